The fourth-order valence-electron chi connectivity index (χ4n) is 2.01. The van der Waals surface area contributed by atoms with Crippen LogP contribution in [-0.4, -0.2) is 16.2 Å². The molecule has 2 rings (SSSR count). The van der Waals surface area contributed by atoms with Crippen molar-refractivity contribution in [2.24, 2.45) is 0 Å². The van der Waals surface area contributed by atoms with Gasteiger partial charge in [0.1, 0.15) is 6.10 Å². The Balaban J connectivity index is 2.37. The second-order valence-corrected chi connectivity index (χ2v) is 4.88. The number of para-hydroxylation sites is 1. The van der Waals surface area contributed by atoms with Crippen molar-refractivity contribution in [2.45, 2.75) is 12.5 Å². The zero-order chi connectivity index (χ0) is 14.7. The minimum atomic E-state index is -0.963. The average molecular weight is 292 g/mol. The number of nitrogens with two attached hydrogens (primary N) is 1. The fraction of sp³-hybridized carbons (Fsp3) is 0.133. The number of anilines is 1. The highest BCUT2D eigenvalue weighted by atomic mass is 35.5. The van der Waals surface area contributed by atoms with E-state index >= 15 is 0 Å². The lowest BCUT2D eigenvalue weighted by Gasteiger charge is -2.16. The van der Waals surface area contributed by atoms with Crippen LogP contribution < -0.4 is 5.73 Å². The number of hydrogen-bond acceptors (Lipinski definition) is 3. The lowest BCUT2D eigenvalue weighted by Crippen LogP contribution is -2.09. The molecule has 0 aromatic heterocycles. The molecule has 5 heteroatoms. The van der Waals surface area contributed by atoms with Crippen LogP contribution >= 0.6 is 11.6 Å². The van der Waals surface area contributed by atoms with Crippen molar-refractivity contribution in [3.05, 3.63) is 64.2 Å². The van der Waals surface area contributed by atoms with Crippen molar-refractivity contribution >= 4 is 23.3 Å². The summed E-state index contributed by atoms with van der Waals surface area (Å²) >= 11 is 5.80. The van der Waals surface area contributed by atoms with Gasteiger partial charge in [-0.2, -0.15) is 0 Å². The van der Waals surface area contributed by atoms with E-state index in [1.165, 1.54) is 0 Å². The van der Waals surface area contributed by atoms with Crippen LogP contribution in [0.2, 0.25) is 5.02 Å². The predicted octanol–water partition coefficient (Wildman–Crippen LogP) is 2.63. The fourth-order valence-corrected chi connectivity index (χ4v) is 2.14. The highest BCUT2D eigenvalue weighted by Crippen LogP contribution is 2.29. The van der Waals surface area contributed by atoms with E-state index in [2.05, 4.69) is 0 Å². The molecule has 0 saturated heterocycles. The van der Waals surface area contributed by atoms with Gasteiger partial charge in [0.15, 0.2) is 0 Å². The largest absolute Gasteiger partial charge is 0.481 e. The Labute approximate surface area is 121 Å². The van der Waals surface area contributed by atoms with Crippen LogP contribution in [0.1, 0.15) is 22.8 Å². The van der Waals surface area contributed by atoms with E-state index in [-0.39, 0.29) is 6.42 Å². The Kier molecular flexibility index (Phi) is 4.27. The second-order valence-electron chi connectivity index (χ2n) is 4.44. The molecule has 0 saturated carbocycles. The topological polar surface area (TPSA) is 83.6 Å². The van der Waals surface area contributed by atoms with Gasteiger partial charge in [-0.3, -0.25) is 4.79 Å². The third kappa shape index (κ3) is 3.10. The minimum absolute atomic E-state index is 0.174. The van der Waals surface area contributed by atoms with Crippen LogP contribution in [-0.2, 0) is 11.2 Å². The van der Waals surface area contributed by atoms with Crippen LogP contribution in [0.15, 0.2) is 42.5 Å². The Morgan fingerprint density at radius 1 is 1.20 bits per heavy atom. The molecular weight excluding hydrogens is 278 g/mol. The zero-order valence-electron chi connectivity index (χ0n) is 10.6. The van der Waals surface area contributed by atoms with Gasteiger partial charge in [0.2, 0.25) is 0 Å². The summed E-state index contributed by atoms with van der Waals surface area (Å²) in [5.74, 6) is -0.963. The Hall–Kier alpha value is -2.04. The first-order valence-corrected chi connectivity index (χ1v) is 6.39. The highest BCUT2D eigenvalue weighted by Gasteiger charge is 2.16. The molecule has 0 aliphatic heterocycles. The van der Waals surface area contributed by atoms with Gasteiger partial charge in [-0.15, -0.1) is 0 Å². The van der Waals surface area contributed by atoms with Crippen molar-refractivity contribution < 1.29 is 15.0 Å². The van der Waals surface area contributed by atoms with Crippen LogP contribution in [0.5, 0.6) is 0 Å². The van der Waals surface area contributed by atoms with Crippen molar-refractivity contribution in [1.82, 2.24) is 0 Å². The van der Waals surface area contributed by atoms with Crippen molar-refractivity contribution in [1.29, 1.82) is 0 Å². The Morgan fingerprint density at radius 2 is 1.85 bits per heavy atom. The number of halogens is 1. The van der Waals surface area contributed by atoms with Gasteiger partial charge in [-0.05, 0) is 23.3 Å². The molecule has 0 aliphatic carbocycles. The maximum Gasteiger partial charge on any atom is 0.307 e. The summed E-state index contributed by atoms with van der Waals surface area (Å²) in [5, 5.41) is 19.8. The smallest absolute Gasteiger partial charge is 0.307 e. The first kappa shape index (κ1) is 14.4. The van der Waals surface area contributed by atoms with E-state index in [9.17, 15) is 9.90 Å². The first-order chi connectivity index (χ1) is 9.49. The molecule has 0 radical (unpaired) electrons. The summed E-state index contributed by atoms with van der Waals surface area (Å²) in [6.45, 7) is 0. The van der Waals surface area contributed by atoms with Crippen LogP contribution in [0.4, 0.5) is 5.69 Å². The third-order valence-electron chi connectivity index (χ3n) is 3.05. The van der Waals surface area contributed by atoms with Gasteiger partial charge >= 0.3 is 5.97 Å². The van der Waals surface area contributed by atoms with E-state index in [1.807, 2.05) is 0 Å². The number of rotatable bonds is 4. The standard InChI is InChI=1S/C15H14ClNO3/c16-11-6-4-9(5-7-11)15(20)12-3-1-2-10(14(12)17)8-13(18)19/h1-7,15,20H,8,17H2,(H,18,19)/t15-/m0/s1. The molecule has 2 aromatic carbocycles. The van der Waals surface area contributed by atoms with Crippen molar-refractivity contribution in [3.63, 3.8) is 0 Å². The number of aliphatic hydroxyl groups is 1. The Bertz CT molecular complexity index is 626. The summed E-state index contributed by atoms with van der Waals surface area (Å²) < 4.78 is 0. The number of carbonyl (C=O) groups is 1. The number of nitrogen functional groups attached to an aromatic ring is 1. The molecular formula is C15H14ClNO3. The average Bonchev–Trinajstić information content (AvgIpc) is 2.41. The predicted molar refractivity (Wildman–Crippen MR) is 77.7 cm³/mol. The normalized spacial score (nSPS) is 12.1. The van der Waals surface area contributed by atoms with Gasteiger partial charge < -0.3 is 15.9 Å². The van der Waals surface area contributed by atoms with Gasteiger partial charge in [0, 0.05) is 16.3 Å². The molecule has 1 atom stereocenters. The molecule has 104 valence electrons. The number of carboxylic acid groups (broad SMARTS) is 1. The molecule has 0 heterocycles. The molecule has 20 heavy (non-hydrogen) atoms. The molecule has 0 bridgehead atoms. The number of aliphatic hydroxyl groups excluding tert-OH is 1. The summed E-state index contributed by atoms with van der Waals surface area (Å²) in [6.07, 6.45) is -1.09. The van der Waals surface area contributed by atoms with Crippen molar-refractivity contribution in [3.8, 4) is 0 Å². The van der Waals surface area contributed by atoms with Gasteiger partial charge in [-0.25, -0.2) is 0 Å². The third-order valence-corrected chi connectivity index (χ3v) is 3.30. The Morgan fingerprint density at radius 3 is 2.45 bits per heavy atom. The molecule has 0 amide bonds. The van der Waals surface area contributed by atoms with E-state index in [4.69, 9.17) is 22.4 Å². The quantitative estimate of drug-likeness (QED) is 0.756. The van der Waals surface area contributed by atoms with Gasteiger partial charge in [0.25, 0.3) is 0 Å². The molecule has 0 aliphatic rings. The van der Waals surface area contributed by atoms with E-state index in [0.29, 0.717) is 27.4 Å². The van der Waals surface area contributed by atoms with Crippen molar-refractivity contribution in [2.75, 3.05) is 5.73 Å². The minimum Gasteiger partial charge on any atom is -0.481 e. The van der Waals surface area contributed by atoms with Gasteiger partial charge in [-0.1, -0.05) is 41.9 Å². The van der Waals surface area contributed by atoms with E-state index in [1.54, 1.807) is 42.5 Å². The summed E-state index contributed by atoms with van der Waals surface area (Å²) in [7, 11) is 0. The maximum absolute atomic E-state index is 10.8. The van der Waals surface area contributed by atoms with Gasteiger partial charge in [0.05, 0.1) is 6.42 Å². The summed E-state index contributed by atoms with van der Waals surface area (Å²) in [6, 6.07) is 11.8. The van der Waals surface area contributed by atoms with E-state index in [0.717, 1.165) is 0 Å². The first-order valence-electron chi connectivity index (χ1n) is 6.01. The summed E-state index contributed by atoms with van der Waals surface area (Å²) in [4.78, 5) is 10.8. The monoisotopic (exact) mass is 291 g/mol. The van der Waals surface area contributed by atoms with Crippen LogP contribution in [0.25, 0.3) is 0 Å². The molecule has 0 unspecified atom stereocenters. The number of carboxylic acids is 1. The molecule has 2 aromatic rings. The summed E-state index contributed by atoms with van der Waals surface area (Å²) in [5.41, 5.74) is 7.88. The SMILES string of the molecule is Nc1c(CC(=O)O)cccc1[C@@H](O)c1ccc(Cl)cc1. The van der Waals surface area contributed by atoms with E-state index < -0.39 is 12.1 Å². The number of hydrogen-bond donors (Lipinski definition) is 3. The molecule has 4 nitrogen and oxygen atoms in total. The van der Waals surface area contributed by atoms with Crippen LogP contribution in [0.3, 0.4) is 0 Å². The number of benzene rings is 2. The lowest BCUT2D eigenvalue weighted by atomic mass is 9.96. The maximum atomic E-state index is 10.8. The molecule has 0 spiro atoms. The molecule has 4 N–H and O–H groups in total. The zero-order valence-corrected chi connectivity index (χ0v) is 11.3. The second kappa shape index (κ2) is 5.94. The number of aliphatic carboxylic acids is 1. The van der Waals surface area contributed by atoms with Crippen LogP contribution in [0, 0.1) is 0 Å². The highest BCUT2D eigenvalue weighted by molar-refractivity contribution is 6.30. The molecule has 0 fully saturated rings. The lowest BCUT2D eigenvalue weighted by molar-refractivity contribution is -0.136.